The number of nitrogens with two attached hydrogens (primary N) is 1. The van der Waals surface area contributed by atoms with E-state index in [9.17, 15) is 4.79 Å². The van der Waals surface area contributed by atoms with Gasteiger partial charge in [-0.1, -0.05) is 0 Å². The highest BCUT2D eigenvalue weighted by Gasteiger charge is 2.09. The van der Waals surface area contributed by atoms with E-state index < -0.39 is 5.91 Å². The van der Waals surface area contributed by atoms with Gasteiger partial charge in [-0.3, -0.25) is 4.79 Å². The maximum Gasteiger partial charge on any atom is 0.254 e. The molecular formula is C8H11N3O2. The molecule has 70 valence electrons. The van der Waals surface area contributed by atoms with Gasteiger partial charge in [-0.25, -0.2) is 4.99 Å². The first-order chi connectivity index (χ1) is 6.11. The summed E-state index contributed by atoms with van der Waals surface area (Å²) in [4.78, 5) is 16.5. The summed E-state index contributed by atoms with van der Waals surface area (Å²) in [7, 11) is 3.63. The van der Waals surface area contributed by atoms with Gasteiger partial charge in [0.25, 0.3) is 5.91 Å². The minimum Gasteiger partial charge on any atom is -0.446 e. The van der Waals surface area contributed by atoms with Crippen molar-refractivity contribution < 1.29 is 9.21 Å². The Morgan fingerprint density at radius 2 is 2.38 bits per heavy atom. The Labute approximate surface area is 75.8 Å². The van der Waals surface area contributed by atoms with Gasteiger partial charge in [-0.15, -0.1) is 0 Å². The summed E-state index contributed by atoms with van der Waals surface area (Å²) in [5.74, 6) is -0.305. The highest BCUT2D eigenvalue weighted by molar-refractivity contribution is 5.97. The minimum absolute atomic E-state index is 0.237. The molecule has 1 aromatic heterocycles. The van der Waals surface area contributed by atoms with Gasteiger partial charge in [0.05, 0.1) is 12.6 Å². The summed E-state index contributed by atoms with van der Waals surface area (Å²) < 4.78 is 4.95. The van der Waals surface area contributed by atoms with E-state index in [1.807, 2.05) is 14.1 Å². The standard InChI is InChI=1S/C8H11N3O2/c1-11(2)5-10-8-6(7(9)12)3-4-13-8/h3-5H,1-2H3,(H2,9,12)/b10-5+. The van der Waals surface area contributed by atoms with Crippen LogP contribution < -0.4 is 5.73 Å². The Hall–Kier alpha value is -1.78. The van der Waals surface area contributed by atoms with Crippen LogP contribution in [0, 0.1) is 0 Å². The molecule has 2 N–H and O–H groups in total. The van der Waals surface area contributed by atoms with Crippen LogP contribution in [0.1, 0.15) is 10.4 Å². The summed E-state index contributed by atoms with van der Waals surface area (Å²) in [6, 6.07) is 1.49. The molecular weight excluding hydrogens is 170 g/mol. The molecule has 0 radical (unpaired) electrons. The fourth-order valence-corrected chi connectivity index (χ4v) is 0.757. The van der Waals surface area contributed by atoms with Gasteiger partial charge in [0.15, 0.2) is 0 Å². The van der Waals surface area contributed by atoms with Crippen LogP contribution >= 0.6 is 0 Å². The Balaban J connectivity index is 2.88. The van der Waals surface area contributed by atoms with E-state index in [1.165, 1.54) is 18.7 Å². The van der Waals surface area contributed by atoms with Crippen molar-refractivity contribution in [1.82, 2.24) is 4.90 Å². The number of amides is 1. The largest absolute Gasteiger partial charge is 0.446 e. The summed E-state index contributed by atoms with van der Waals surface area (Å²) >= 11 is 0. The first-order valence-electron chi connectivity index (χ1n) is 3.69. The van der Waals surface area contributed by atoms with Crippen LogP contribution in [0.3, 0.4) is 0 Å². The second kappa shape index (κ2) is 3.75. The lowest BCUT2D eigenvalue weighted by atomic mass is 10.3. The average Bonchev–Trinajstić information content (AvgIpc) is 2.47. The lowest BCUT2D eigenvalue weighted by molar-refractivity contribution is 0.100. The number of aliphatic imine (C=N–C) groups is 1. The molecule has 1 amide bonds. The first kappa shape index (κ1) is 9.31. The van der Waals surface area contributed by atoms with Gasteiger partial charge >= 0.3 is 0 Å². The van der Waals surface area contributed by atoms with Crippen LogP contribution in [0.2, 0.25) is 0 Å². The van der Waals surface area contributed by atoms with Crippen molar-refractivity contribution >= 4 is 18.1 Å². The Kier molecular flexibility index (Phi) is 2.69. The number of hydrogen-bond acceptors (Lipinski definition) is 3. The summed E-state index contributed by atoms with van der Waals surface area (Å²) in [5, 5.41) is 0. The lowest BCUT2D eigenvalue weighted by Gasteiger charge is -2.00. The zero-order valence-corrected chi connectivity index (χ0v) is 7.52. The number of carbonyl (C=O) groups excluding carboxylic acids is 1. The van der Waals surface area contributed by atoms with Crippen molar-refractivity contribution in [1.29, 1.82) is 0 Å². The zero-order valence-electron chi connectivity index (χ0n) is 7.52. The fraction of sp³-hybridized carbons (Fsp3) is 0.250. The molecule has 0 fully saturated rings. The number of carbonyl (C=O) groups is 1. The molecule has 0 aliphatic rings. The lowest BCUT2D eigenvalue weighted by Crippen LogP contribution is -2.10. The third kappa shape index (κ3) is 2.33. The van der Waals surface area contributed by atoms with E-state index in [0.717, 1.165) is 0 Å². The van der Waals surface area contributed by atoms with E-state index >= 15 is 0 Å². The Bertz CT molecular complexity index is 328. The van der Waals surface area contributed by atoms with Crippen LogP contribution in [-0.2, 0) is 0 Å². The Morgan fingerprint density at radius 1 is 1.69 bits per heavy atom. The van der Waals surface area contributed by atoms with Gasteiger partial charge in [-0.2, -0.15) is 0 Å². The molecule has 0 unspecified atom stereocenters. The average molecular weight is 181 g/mol. The van der Waals surface area contributed by atoms with E-state index in [0.29, 0.717) is 0 Å². The van der Waals surface area contributed by atoms with Crippen LogP contribution in [0.4, 0.5) is 5.88 Å². The number of primary amides is 1. The van der Waals surface area contributed by atoms with Crippen LogP contribution in [0.15, 0.2) is 21.7 Å². The molecule has 0 atom stereocenters. The molecule has 0 aliphatic heterocycles. The van der Waals surface area contributed by atoms with Gasteiger partial charge in [0.2, 0.25) is 5.88 Å². The molecule has 0 saturated carbocycles. The van der Waals surface area contributed by atoms with E-state index in [1.54, 1.807) is 4.90 Å². The SMILES string of the molecule is CN(C)/C=N/c1occc1C(N)=O. The number of rotatable bonds is 3. The molecule has 0 spiro atoms. The van der Waals surface area contributed by atoms with Crippen molar-refractivity contribution in [3.8, 4) is 0 Å². The van der Waals surface area contributed by atoms with E-state index in [2.05, 4.69) is 4.99 Å². The summed E-state index contributed by atoms with van der Waals surface area (Å²) in [6.07, 6.45) is 2.91. The van der Waals surface area contributed by atoms with Crippen molar-refractivity contribution in [3.05, 3.63) is 17.9 Å². The quantitative estimate of drug-likeness (QED) is 0.548. The topological polar surface area (TPSA) is 71.8 Å². The number of nitrogens with zero attached hydrogens (tertiary/aromatic N) is 2. The predicted octanol–water partition coefficient (Wildman–Crippen LogP) is 0.600. The van der Waals surface area contributed by atoms with Crippen LogP contribution in [-0.4, -0.2) is 31.2 Å². The van der Waals surface area contributed by atoms with Crippen molar-refractivity contribution in [3.63, 3.8) is 0 Å². The monoisotopic (exact) mass is 181 g/mol. The molecule has 0 aromatic carbocycles. The molecule has 13 heavy (non-hydrogen) atoms. The van der Waals surface area contributed by atoms with Crippen molar-refractivity contribution in [2.24, 2.45) is 10.7 Å². The van der Waals surface area contributed by atoms with Gasteiger partial charge < -0.3 is 15.1 Å². The molecule has 5 nitrogen and oxygen atoms in total. The van der Waals surface area contributed by atoms with Crippen molar-refractivity contribution in [2.45, 2.75) is 0 Å². The highest BCUT2D eigenvalue weighted by Crippen LogP contribution is 2.18. The molecule has 1 aromatic rings. The van der Waals surface area contributed by atoms with Crippen LogP contribution in [0.5, 0.6) is 0 Å². The van der Waals surface area contributed by atoms with E-state index in [4.69, 9.17) is 10.2 Å². The fourth-order valence-electron chi connectivity index (χ4n) is 0.757. The first-order valence-corrected chi connectivity index (χ1v) is 3.69. The second-order valence-electron chi connectivity index (χ2n) is 2.71. The molecule has 5 heteroatoms. The number of hydrogen-bond donors (Lipinski definition) is 1. The molecule has 1 rings (SSSR count). The summed E-state index contributed by atoms with van der Waals surface area (Å²) in [5.41, 5.74) is 5.37. The normalized spacial score (nSPS) is 10.6. The van der Waals surface area contributed by atoms with Gasteiger partial charge in [0.1, 0.15) is 5.56 Å². The van der Waals surface area contributed by atoms with Crippen LogP contribution in [0.25, 0.3) is 0 Å². The predicted molar refractivity (Wildman–Crippen MR) is 49.1 cm³/mol. The second-order valence-corrected chi connectivity index (χ2v) is 2.71. The summed E-state index contributed by atoms with van der Waals surface area (Å²) in [6.45, 7) is 0. The molecule has 0 saturated heterocycles. The van der Waals surface area contributed by atoms with E-state index in [-0.39, 0.29) is 11.4 Å². The third-order valence-electron chi connectivity index (χ3n) is 1.32. The zero-order chi connectivity index (χ0) is 9.84. The molecule has 0 bridgehead atoms. The number of furan rings is 1. The van der Waals surface area contributed by atoms with Crippen molar-refractivity contribution in [2.75, 3.05) is 14.1 Å². The maximum atomic E-state index is 10.8. The Morgan fingerprint density at radius 3 is 2.92 bits per heavy atom. The van der Waals surface area contributed by atoms with Gasteiger partial charge in [-0.05, 0) is 6.07 Å². The molecule has 0 aliphatic carbocycles. The van der Waals surface area contributed by atoms with Gasteiger partial charge in [0, 0.05) is 14.1 Å². The third-order valence-corrected chi connectivity index (χ3v) is 1.32. The smallest absolute Gasteiger partial charge is 0.254 e. The maximum absolute atomic E-state index is 10.8. The minimum atomic E-state index is -0.542. The highest BCUT2D eigenvalue weighted by atomic mass is 16.3. The molecule has 1 heterocycles.